The molecule has 0 aromatic heterocycles. The second kappa shape index (κ2) is 5.43. The van der Waals surface area contributed by atoms with Gasteiger partial charge in [0.15, 0.2) is 5.11 Å². The SMILES string of the molecule is CC(C)CNC(=S)N1CCCCC1. The van der Waals surface area contributed by atoms with Crippen molar-refractivity contribution in [3.05, 3.63) is 0 Å². The quantitative estimate of drug-likeness (QED) is 0.686. The molecule has 13 heavy (non-hydrogen) atoms. The highest BCUT2D eigenvalue weighted by molar-refractivity contribution is 7.80. The van der Waals surface area contributed by atoms with Crippen LogP contribution >= 0.6 is 12.2 Å². The molecular weight excluding hydrogens is 180 g/mol. The highest BCUT2D eigenvalue weighted by Gasteiger charge is 2.12. The van der Waals surface area contributed by atoms with Crippen LogP contribution in [0.4, 0.5) is 0 Å². The lowest BCUT2D eigenvalue weighted by Gasteiger charge is -2.29. The lowest BCUT2D eigenvalue weighted by Crippen LogP contribution is -2.43. The fraction of sp³-hybridized carbons (Fsp3) is 0.900. The van der Waals surface area contributed by atoms with E-state index in [0.29, 0.717) is 5.92 Å². The van der Waals surface area contributed by atoms with Gasteiger partial charge in [-0.05, 0) is 37.4 Å². The van der Waals surface area contributed by atoms with Gasteiger partial charge < -0.3 is 10.2 Å². The van der Waals surface area contributed by atoms with Crippen LogP contribution in [0.2, 0.25) is 0 Å². The minimum Gasteiger partial charge on any atom is -0.362 e. The molecule has 1 N–H and O–H groups in total. The van der Waals surface area contributed by atoms with Gasteiger partial charge >= 0.3 is 0 Å². The molecule has 1 aliphatic rings. The molecule has 0 spiro atoms. The predicted octanol–water partition coefficient (Wildman–Crippen LogP) is 2.00. The van der Waals surface area contributed by atoms with Gasteiger partial charge in [-0.15, -0.1) is 0 Å². The standard InChI is InChI=1S/C10H20N2S/c1-9(2)8-11-10(13)12-6-4-3-5-7-12/h9H,3-8H2,1-2H3,(H,11,13). The Hall–Kier alpha value is -0.310. The molecule has 0 aromatic rings. The van der Waals surface area contributed by atoms with Crippen molar-refractivity contribution >= 4 is 17.3 Å². The molecular formula is C10H20N2S. The van der Waals surface area contributed by atoms with E-state index in [1.807, 2.05) is 0 Å². The lowest BCUT2D eigenvalue weighted by molar-refractivity contribution is 0.336. The van der Waals surface area contributed by atoms with Crippen molar-refractivity contribution in [1.82, 2.24) is 10.2 Å². The van der Waals surface area contributed by atoms with Gasteiger partial charge in [0, 0.05) is 19.6 Å². The van der Waals surface area contributed by atoms with Gasteiger partial charge in [-0.3, -0.25) is 0 Å². The fourth-order valence-electron chi connectivity index (χ4n) is 1.50. The molecule has 1 heterocycles. The third kappa shape index (κ3) is 3.94. The van der Waals surface area contributed by atoms with E-state index in [2.05, 4.69) is 24.1 Å². The van der Waals surface area contributed by atoms with E-state index in [-0.39, 0.29) is 0 Å². The summed E-state index contributed by atoms with van der Waals surface area (Å²) < 4.78 is 0. The Labute approximate surface area is 86.7 Å². The Bertz CT molecular complexity index is 162. The number of hydrogen-bond donors (Lipinski definition) is 1. The van der Waals surface area contributed by atoms with E-state index in [9.17, 15) is 0 Å². The van der Waals surface area contributed by atoms with Crippen LogP contribution in [-0.2, 0) is 0 Å². The molecule has 1 fully saturated rings. The zero-order chi connectivity index (χ0) is 9.68. The average molecular weight is 200 g/mol. The highest BCUT2D eigenvalue weighted by atomic mass is 32.1. The molecule has 1 rings (SSSR count). The zero-order valence-electron chi connectivity index (χ0n) is 8.68. The maximum Gasteiger partial charge on any atom is 0.168 e. The molecule has 0 radical (unpaired) electrons. The number of nitrogens with zero attached hydrogens (tertiary/aromatic N) is 1. The van der Waals surface area contributed by atoms with Crippen molar-refractivity contribution in [2.75, 3.05) is 19.6 Å². The van der Waals surface area contributed by atoms with Crippen LogP contribution in [0.15, 0.2) is 0 Å². The van der Waals surface area contributed by atoms with Gasteiger partial charge in [0.25, 0.3) is 0 Å². The van der Waals surface area contributed by atoms with Crippen molar-refractivity contribution in [2.24, 2.45) is 5.92 Å². The summed E-state index contributed by atoms with van der Waals surface area (Å²) in [6.45, 7) is 7.68. The summed E-state index contributed by atoms with van der Waals surface area (Å²) in [6.07, 6.45) is 3.95. The van der Waals surface area contributed by atoms with Crippen molar-refractivity contribution in [3.8, 4) is 0 Å². The molecule has 0 unspecified atom stereocenters. The number of rotatable bonds is 2. The van der Waals surface area contributed by atoms with Crippen molar-refractivity contribution < 1.29 is 0 Å². The van der Waals surface area contributed by atoms with E-state index in [1.54, 1.807) is 0 Å². The number of thiocarbonyl (C=S) groups is 1. The van der Waals surface area contributed by atoms with Gasteiger partial charge in [0.05, 0.1) is 0 Å². The summed E-state index contributed by atoms with van der Waals surface area (Å²) in [5.41, 5.74) is 0. The number of nitrogens with one attached hydrogen (secondary N) is 1. The normalized spacial score (nSPS) is 17.6. The largest absolute Gasteiger partial charge is 0.362 e. The van der Waals surface area contributed by atoms with E-state index in [4.69, 9.17) is 12.2 Å². The smallest absolute Gasteiger partial charge is 0.168 e. The molecule has 0 aromatic carbocycles. The maximum absolute atomic E-state index is 5.31. The Morgan fingerprint density at radius 3 is 2.46 bits per heavy atom. The number of hydrogen-bond acceptors (Lipinski definition) is 1. The molecule has 1 aliphatic heterocycles. The van der Waals surface area contributed by atoms with Gasteiger partial charge in [0.2, 0.25) is 0 Å². The first-order chi connectivity index (χ1) is 6.20. The lowest BCUT2D eigenvalue weighted by atomic mass is 10.1. The molecule has 0 saturated carbocycles. The number of piperidine rings is 1. The molecule has 3 heteroatoms. The maximum atomic E-state index is 5.31. The van der Waals surface area contributed by atoms with E-state index in [0.717, 1.165) is 24.7 Å². The van der Waals surface area contributed by atoms with Crippen molar-refractivity contribution in [3.63, 3.8) is 0 Å². The third-order valence-corrected chi connectivity index (χ3v) is 2.71. The molecule has 0 amide bonds. The average Bonchev–Trinajstić information content (AvgIpc) is 2.15. The Morgan fingerprint density at radius 1 is 1.31 bits per heavy atom. The van der Waals surface area contributed by atoms with Crippen molar-refractivity contribution in [2.45, 2.75) is 33.1 Å². The van der Waals surface area contributed by atoms with Crippen LogP contribution in [0.5, 0.6) is 0 Å². The molecule has 2 nitrogen and oxygen atoms in total. The topological polar surface area (TPSA) is 15.3 Å². The molecule has 1 saturated heterocycles. The van der Waals surface area contributed by atoms with Gasteiger partial charge in [-0.1, -0.05) is 13.8 Å². The van der Waals surface area contributed by atoms with Crippen LogP contribution in [0.25, 0.3) is 0 Å². The summed E-state index contributed by atoms with van der Waals surface area (Å²) in [6, 6.07) is 0. The summed E-state index contributed by atoms with van der Waals surface area (Å²) in [5, 5.41) is 4.26. The van der Waals surface area contributed by atoms with Crippen LogP contribution in [0, 0.1) is 5.92 Å². The zero-order valence-corrected chi connectivity index (χ0v) is 9.49. The monoisotopic (exact) mass is 200 g/mol. The van der Waals surface area contributed by atoms with Gasteiger partial charge in [-0.2, -0.15) is 0 Å². The first-order valence-corrected chi connectivity index (χ1v) is 5.63. The molecule has 76 valence electrons. The second-order valence-corrected chi connectivity index (χ2v) is 4.51. The van der Waals surface area contributed by atoms with Gasteiger partial charge in [-0.25, -0.2) is 0 Å². The van der Waals surface area contributed by atoms with Crippen LogP contribution < -0.4 is 5.32 Å². The van der Waals surface area contributed by atoms with E-state index in [1.165, 1.54) is 19.3 Å². The molecule has 0 atom stereocenters. The Kier molecular flexibility index (Phi) is 4.50. The number of likely N-dealkylation sites (tertiary alicyclic amines) is 1. The van der Waals surface area contributed by atoms with E-state index >= 15 is 0 Å². The molecule has 0 bridgehead atoms. The summed E-state index contributed by atoms with van der Waals surface area (Å²) in [7, 11) is 0. The van der Waals surface area contributed by atoms with Crippen LogP contribution in [-0.4, -0.2) is 29.6 Å². The van der Waals surface area contributed by atoms with E-state index < -0.39 is 0 Å². The third-order valence-electron chi connectivity index (χ3n) is 2.30. The Morgan fingerprint density at radius 2 is 1.92 bits per heavy atom. The highest BCUT2D eigenvalue weighted by Crippen LogP contribution is 2.08. The predicted molar refractivity (Wildman–Crippen MR) is 60.9 cm³/mol. The summed E-state index contributed by atoms with van der Waals surface area (Å²) >= 11 is 5.31. The van der Waals surface area contributed by atoms with Crippen molar-refractivity contribution in [1.29, 1.82) is 0 Å². The fourth-order valence-corrected chi connectivity index (χ4v) is 1.77. The minimum absolute atomic E-state index is 0.669. The molecule has 0 aliphatic carbocycles. The summed E-state index contributed by atoms with van der Waals surface area (Å²) in [5.74, 6) is 0.669. The first kappa shape index (κ1) is 10.8. The van der Waals surface area contributed by atoms with Gasteiger partial charge in [0.1, 0.15) is 0 Å². The van der Waals surface area contributed by atoms with Crippen LogP contribution in [0.1, 0.15) is 33.1 Å². The van der Waals surface area contributed by atoms with Crippen LogP contribution in [0.3, 0.4) is 0 Å². The Balaban J connectivity index is 2.21. The second-order valence-electron chi connectivity index (χ2n) is 4.13. The first-order valence-electron chi connectivity index (χ1n) is 5.23. The minimum atomic E-state index is 0.669. The summed E-state index contributed by atoms with van der Waals surface area (Å²) in [4.78, 5) is 2.29.